The molecular weight excluding hydrogens is 388 g/mol. The molecule has 7 heteroatoms. The Morgan fingerprint density at radius 3 is 3.03 bits per heavy atom. The molecule has 2 aliphatic heterocycles. The van der Waals surface area contributed by atoms with Gasteiger partial charge in [0.05, 0.1) is 31.1 Å². The summed E-state index contributed by atoms with van der Waals surface area (Å²) in [6.07, 6.45) is 4.93. The molecule has 1 aromatic carbocycles. The van der Waals surface area contributed by atoms with Crippen LogP contribution in [-0.2, 0) is 4.74 Å². The molecule has 2 aromatic heterocycles. The zero-order valence-electron chi connectivity index (χ0n) is 18.6. The summed E-state index contributed by atoms with van der Waals surface area (Å²) in [4.78, 5) is 18.0. The first-order chi connectivity index (χ1) is 15.0. The van der Waals surface area contributed by atoms with Crippen LogP contribution in [0.2, 0.25) is 0 Å². The molecule has 2 atom stereocenters. The fraction of sp³-hybridized carbons (Fsp3) is 0.500. The van der Waals surface area contributed by atoms with Gasteiger partial charge in [0.25, 0.3) is 0 Å². The number of nitrogens with zero attached hydrogens (tertiary/aromatic N) is 4. The fourth-order valence-electron chi connectivity index (χ4n) is 4.96. The lowest BCUT2D eigenvalue weighted by atomic mass is 9.82. The van der Waals surface area contributed by atoms with Crippen LogP contribution >= 0.6 is 0 Å². The van der Waals surface area contributed by atoms with Gasteiger partial charge in [-0.3, -0.25) is 0 Å². The Labute approximate surface area is 183 Å². The number of ether oxygens (including phenoxy) is 1. The van der Waals surface area contributed by atoms with Gasteiger partial charge in [0.1, 0.15) is 0 Å². The first-order valence-electron chi connectivity index (χ1n) is 11.3. The van der Waals surface area contributed by atoms with E-state index >= 15 is 0 Å². The van der Waals surface area contributed by atoms with E-state index in [1.807, 2.05) is 12.4 Å². The Hall–Kier alpha value is -2.64. The lowest BCUT2D eigenvalue weighted by Gasteiger charge is -2.48. The maximum atomic E-state index is 6.47. The molecule has 0 aliphatic carbocycles. The number of rotatable bonds is 5. The summed E-state index contributed by atoms with van der Waals surface area (Å²) in [7, 11) is 0. The average Bonchev–Trinajstić information content (AvgIpc) is 3.27. The highest BCUT2D eigenvalue weighted by molar-refractivity contribution is 5.93. The van der Waals surface area contributed by atoms with Crippen molar-refractivity contribution in [2.24, 2.45) is 11.1 Å². The maximum Gasteiger partial charge on any atom is 0.162 e. The molecule has 0 radical (unpaired) electrons. The van der Waals surface area contributed by atoms with E-state index in [-0.39, 0.29) is 11.5 Å². The summed E-state index contributed by atoms with van der Waals surface area (Å²) < 4.78 is 5.82. The smallest absolute Gasteiger partial charge is 0.162 e. The lowest BCUT2D eigenvalue weighted by Crippen LogP contribution is -2.58. The number of benzene rings is 1. The van der Waals surface area contributed by atoms with Crippen molar-refractivity contribution in [3.05, 3.63) is 36.7 Å². The highest BCUT2D eigenvalue weighted by Crippen LogP contribution is 2.38. The van der Waals surface area contributed by atoms with Gasteiger partial charge < -0.3 is 25.3 Å². The number of fused-ring (bicyclic) bond motifs is 4. The molecule has 0 amide bonds. The quantitative estimate of drug-likeness (QED) is 0.658. The van der Waals surface area contributed by atoms with Gasteiger partial charge in [0.2, 0.25) is 0 Å². The van der Waals surface area contributed by atoms with Crippen LogP contribution in [0.15, 0.2) is 36.7 Å². The Kier molecular flexibility index (Phi) is 5.10. The second-order valence-corrected chi connectivity index (χ2v) is 9.45. The van der Waals surface area contributed by atoms with Crippen LogP contribution in [-0.4, -0.2) is 59.9 Å². The van der Waals surface area contributed by atoms with Crippen molar-refractivity contribution >= 4 is 22.4 Å². The predicted octanol–water partition coefficient (Wildman–Crippen LogP) is 3.41. The lowest BCUT2D eigenvalue weighted by molar-refractivity contribution is 0.0927. The van der Waals surface area contributed by atoms with Crippen molar-refractivity contribution in [2.45, 2.75) is 39.3 Å². The summed E-state index contributed by atoms with van der Waals surface area (Å²) >= 11 is 0. The summed E-state index contributed by atoms with van der Waals surface area (Å²) in [6.45, 7) is 10.8. The van der Waals surface area contributed by atoms with Gasteiger partial charge in [0, 0.05) is 48.3 Å². The Morgan fingerprint density at radius 2 is 2.19 bits per heavy atom. The number of hydrogen-bond donors (Lipinski definition) is 2. The van der Waals surface area contributed by atoms with Crippen LogP contribution in [0.4, 0.5) is 11.5 Å². The highest BCUT2D eigenvalue weighted by Gasteiger charge is 2.38. The first kappa shape index (κ1) is 20.3. The van der Waals surface area contributed by atoms with E-state index in [9.17, 15) is 0 Å². The van der Waals surface area contributed by atoms with E-state index in [1.165, 1.54) is 0 Å². The Morgan fingerprint density at radius 1 is 1.32 bits per heavy atom. The molecule has 5 rings (SSSR count). The molecule has 4 heterocycles. The largest absolute Gasteiger partial charge is 0.377 e. The number of anilines is 2. The number of hydrogen-bond acceptors (Lipinski definition) is 6. The fourth-order valence-corrected chi connectivity index (χ4v) is 4.96. The Balaban J connectivity index is 1.57. The van der Waals surface area contributed by atoms with E-state index < -0.39 is 0 Å². The number of nitrogens with two attached hydrogens (primary N) is 1. The van der Waals surface area contributed by atoms with Crippen LogP contribution in [0.25, 0.3) is 22.3 Å². The van der Waals surface area contributed by atoms with Crippen molar-refractivity contribution in [1.82, 2.24) is 15.0 Å². The van der Waals surface area contributed by atoms with Gasteiger partial charge >= 0.3 is 0 Å². The van der Waals surface area contributed by atoms with Gasteiger partial charge in [-0.1, -0.05) is 32.9 Å². The molecule has 0 bridgehead atoms. The van der Waals surface area contributed by atoms with Crippen molar-refractivity contribution in [3.63, 3.8) is 0 Å². The third-order valence-electron chi connectivity index (χ3n) is 6.90. The standard InChI is InChI=1S/C24H32N6O/c1-4-21(25)24(2,3)15-29-13-16-14-31-11-10-30(16)23-20(29)12-27-22(28-23)18-6-5-7-19-17(18)8-9-26-19/h5-9,12,16,21,26H,4,10-11,13-15,25H2,1-3H3/t16-,21?/m1/s1. The number of aromatic nitrogens is 3. The van der Waals surface area contributed by atoms with Crippen LogP contribution in [0, 0.1) is 5.41 Å². The molecule has 31 heavy (non-hydrogen) atoms. The van der Waals surface area contributed by atoms with E-state index in [0.717, 1.165) is 73.1 Å². The van der Waals surface area contributed by atoms with E-state index in [0.29, 0.717) is 6.04 Å². The zero-order valence-corrected chi connectivity index (χ0v) is 18.6. The number of aromatic amines is 1. The first-order valence-corrected chi connectivity index (χ1v) is 11.3. The van der Waals surface area contributed by atoms with Crippen LogP contribution in [0.5, 0.6) is 0 Å². The Bertz CT molecular complexity index is 1080. The molecule has 2 aliphatic rings. The van der Waals surface area contributed by atoms with Crippen LogP contribution in [0.1, 0.15) is 27.2 Å². The van der Waals surface area contributed by atoms with Crippen LogP contribution < -0.4 is 15.5 Å². The SMILES string of the molecule is CCC(N)C(C)(C)CN1C[C@@H]2COCCN2c2nc(-c3cccc4[nH]ccc34)ncc21. The zero-order chi connectivity index (χ0) is 21.6. The normalized spacial score (nSPS) is 19.9. The van der Waals surface area contributed by atoms with Gasteiger partial charge in [-0.15, -0.1) is 0 Å². The van der Waals surface area contributed by atoms with Gasteiger partial charge in [0.15, 0.2) is 11.6 Å². The molecule has 164 valence electrons. The summed E-state index contributed by atoms with van der Waals surface area (Å²) in [5, 5.41) is 1.14. The third kappa shape index (κ3) is 3.55. The van der Waals surface area contributed by atoms with Gasteiger partial charge in [-0.2, -0.15) is 0 Å². The second-order valence-electron chi connectivity index (χ2n) is 9.45. The van der Waals surface area contributed by atoms with Crippen molar-refractivity contribution in [1.29, 1.82) is 0 Å². The minimum absolute atomic E-state index is 0.0148. The molecule has 3 N–H and O–H groups in total. The highest BCUT2D eigenvalue weighted by atomic mass is 16.5. The van der Waals surface area contributed by atoms with E-state index in [1.54, 1.807) is 0 Å². The molecule has 1 fully saturated rings. The minimum Gasteiger partial charge on any atom is -0.377 e. The number of nitrogens with one attached hydrogen (secondary N) is 1. The van der Waals surface area contributed by atoms with Crippen molar-refractivity contribution in [2.75, 3.05) is 42.6 Å². The monoisotopic (exact) mass is 420 g/mol. The minimum atomic E-state index is -0.0148. The second kappa shape index (κ2) is 7.80. The van der Waals surface area contributed by atoms with Gasteiger partial charge in [-0.05, 0) is 24.0 Å². The summed E-state index contributed by atoms with van der Waals surface area (Å²) in [5.41, 5.74) is 9.70. The topological polar surface area (TPSA) is 83.3 Å². The van der Waals surface area contributed by atoms with Gasteiger partial charge in [-0.25, -0.2) is 9.97 Å². The molecule has 1 unspecified atom stereocenters. The number of H-pyrrole nitrogens is 1. The molecular formula is C24H32N6O. The third-order valence-corrected chi connectivity index (χ3v) is 6.90. The molecule has 1 saturated heterocycles. The van der Waals surface area contributed by atoms with E-state index in [4.69, 9.17) is 20.4 Å². The average molecular weight is 421 g/mol. The molecule has 7 nitrogen and oxygen atoms in total. The summed E-state index contributed by atoms with van der Waals surface area (Å²) in [5.74, 6) is 1.78. The molecule has 0 saturated carbocycles. The molecule has 3 aromatic rings. The van der Waals surface area contributed by atoms with E-state index in [2.05, 4.69) is 59.8 Å². The van der Waals surface area contributed by atoms with Crippen molar-refractivity contribution in [3.8, 4) is 11.4 Å². The summed E-state index contributed by atoms with van der Waals surface area (Å²) in [6, 6.07) is 8.75. The predicted molar refractivity (Wildman–Crippen MR) is 126 cm³/mol. The van der Waals surface area contributed by atoms with Crippen LogP contribution in [0.3, 0.4) is 0 Å². The van der Waals surface area contributed by atoms with Crippen molar-refractivity contribution < 1.29 is 4.74 Å². The number of morpholine rings is 1. The molecule has 0 spiro atoms. The maximum absolute atomic E-state index is 6.47.